The Bertz CT molecular complexity index is 1040. The Morgan fingerprint density at radius 3 is 2.80 bits per heavy atom. The summed E-state index contributed by atoms with van der Waals surface area (Å²) in [6.45, 7) is 2.81. The van der Waals surface area contributed by atoms with Crippen LogP contribution < -0.4 is 15.0 Å². The molecule has 0 atom stereocenters. The van der Waals surface area contributed by atoms with Gasteiger partial charge in [-0.3, -0.25) is 9.59 Å². The van der Waals surface area contributed by atoms with E-state index in [0.29, 0.717) is 17.9 Å². The Morgan fingerprint density at radius 1 is 1.23 bits per heavy atom. The molecule has 2 amide bonds. The minimum absolute atomic E-state index is 0.0925. The third-order valence-corrected chi connectivity index (χ3v) is 5.17. The average molecular weight is 406 g/mol. The summed E-state index contributed by atoms with van der Waals surface area (Å²) in [5.74, 6) is 1.47. The summed E-state index contributed by atoms with van der Waals surface area (Å²) in [6.07, 6.45) is 4.63. The van der Waals surface area contributed by atoms with E-state index < -0.39 is 0 Å². The zero-order valence-corrected chi connectivity index (χ0v) is 17.1. The number of anilines is 2. The monoisotopic (exact) mass is 406 g/mol. The number of unbranched alkanes of at least 4 members (excludes halogenated alkanes) is 1. The maximum absolute atomic E-state index is 12.3. The minimum atomic E-state index is -0.237. The Hall–Kier alpha value is -3.35. The zero-order valence-electron chi connectivity index (χ0n) is 17.1. The molecule has 0 saturated carbocycles. The highest BCUT2D eigenvalue weighted by atomic mass is 16.5. The van der Waals surface area contributed by atoms with Gasteiger partial charge in [0.15, 0.2) is 6.61 Å². The number of aromatic nitrogens is 2. The molecule has 0 unspecified atom stereocenters. The average Bonchev–Trinajstić information content (AvgIpc) is 3.36. The largest absolute Gasteiger partial charge is 0.484 e. The van der Waals surface area contributed by atoms with Crippen LogP contribution in [0.25, 0.3) is 11.0 Å². The number of fused-ring (bicyclic) bond motifs is 1. The van der Waals surface area contributed by atoms with Gasteiger partial charge in [0.05, 0.1) is 11.0 Å². The second kappa shape index (κ2) is 8.98. The molecule has 3 aromatic rings. The van der Waals surface area contributed by atoms with Gasteiger partial charge in [-0.25, -0.2) is 4.98 Å². The van der Waals surface area contributed by atoms with Crippen LogP contribution in [0.5, 0.6) is 5.75 Å². The fourth-order valence-corrected chi connectivity index (χ4v) is 3.59. The van der Waals surface area contributed by atoms with Crippen LogP contribution in [-0.4, -0.2) is 34.9 Å². The van der Waals surface area contributed by atoms with Crippen LogP contribution in [0.1, 0.15) is 38.4 Å². The molecule has 4 rings (SSSR count). The number of H-pyrrole nitrogens is 1. The summed E-state index contributed by atoms with van der Waals surface area (Å²) in [7, 11) is 0. The number of nitrogens with one attached hydrogen (secondary N) is 2. The number of hydrogen-bond donors (Lipinski definition) is 2. The van der Waals surface area contributed by atoms with E-state index in [-0.39, 0.29) is 18.4 Å². The van der Waals surface area contributed by atoms with E-state index in [1.54, 1.807) is 17.0 Å². The van der Waals surface area contributed by atoms with Crippen molar-refractivity contribution >= 4 is 34.2 Å². The zero-order chi connectivity index (χ0) is 20.9. The maximum Gasteiger partial charge on any atom is 0.262 e. The van der Waals surface area contributed by atoms with Gasteiger partial charge in [-0.2, -0.15) is 0 Å². The molecule has 1 saturated heterocycles. The van der Waals surface area contributed by atoms with Gasteiger partial charge in [0.1, 0.15) is 11.6 Å². The van der Waals surface area contributed by atoms with Crippen LogP contribution in [0.15, 0.2) is 42.5 Å². The third-order valence-electron chi connectivity index (χ3n) is 5.17. The van der Waals surface area contributed by atoms with E-state index in [1.165, 1.54) is 0 Å². The number of ether oxygens (including phenoxy) is 1. The van der Waals surface area contributed by atoms with E-state index in [0.717, 1.165) is 54.8 Å². The van der Waals surface area contributed by atoms with Crippen molar-refractivity contribution in [3.05, 3.63) is 48.3 Å². The lowest BCUT2D eigenvalue weighted by Gasteiger charge is -2.16. The molecule has 30 heavy (non-hydrogen) atoms. The predicted octanol–water partition coefficient (Wildman–Crippen LogP) is 4.05. The second-order valence-electron chi connectivity index (χ2n) is 7.50. The molecule has 1 aliphatic rings. The summed E-state index contributed by atoms with van der Waals surface area (Å²) in [5, 5.41) is 2.85. The van der Waals surface area contributed by atoms with Crippen molar-refractivity contribution < 1.29 is 14.3 Å². The molecule has 0 bridgehead atoms. The minimum Gasteiger partial charge on any atom is -0.484 e. The van der Waals surface area contributed by atoms with Gasteiger partial charge in [-0.05, 0) is 55.3 Å². The highest BCUT2D eigenvalue weighted by molar-refractivity contribution is 5.95. The fourth-order valence-electron chi connectivity index (χ4n) is 3.59. The van der Waals surface area contributed by atoms with Crippen LogP contribution in [0.2, 0.25) is 0 Å². The van der Waals surface area contributed by atoms with Crippen molar-refractivity contribution in [3.8, 4) is 5.75 Å². The first-order valence-corrected chi connectivity index (χ1v) is 10.4. The van der Waals surface area contributed by atoms with Gasteiger partial charge in [0.2, 0.25) is 5.91 Å². The molecular formula is C23H26N4O3. The maximum atomic E-state index is 12.3. The van der Waals surface area contributed by atoms with Crippen molar-refractivity contribution in [1.29, 1.82) is 0 Å². The van der Waals surface area contributed by atoms with E-state index in [1.807, 2.05) is 30.3 Å². The summed E-state index contributed by atoms with van der Waals surface area (Å²) < 4.78 is 5.58. The lowest BCUT2D eigenvalue weighted by Crippen LogP contribution is -2.23. The number of carbonyl (C=O) groups is 2. The first-order chi connectivity index (χ1) is 14.6. The summed E-state index contributed by atoms with van der Waals surface area (Å²) in [6, 6.07) is 12.9. The third kappa shape index (κ3) is 4.62. The molecule has 0 radical (unpaired) electrons. The summed E-state index contributed by atoms with van der Waals surface area (Å²) in [4.78, 5) is 33.7. The molecule has 7 heteroatoms. The van der Waals surface area contributed by atoms with Gasteiger partial charge in [-0.1, -0.05) is 13.3 Å². The quantitative estimate of drug-likeness (QED) is 0.591. The molecule has 1 fully saturated rings. The standard InChI is InChI=1S/C23H26N4O3/c1-2-3-5-21-25-19-12-7-16(14-20(19)26-21)24-22(28)15-30-18-10-8-17(9-11-18)27-13-4-6-23(27)29/h7-12,14H,2-6,13,15H2,1H3,(H,24,28)(H,25,26). The van der Waals surface area contributed by atoms with Crippen molar-refractivity contribution in [2.45, 2.75) is 39.0 Å². The lowest BCUT2D eigenvalue weighted by molar-refractivity contribution is -0.118. The fraction of sp³-hybridized carbons (Fsp3) is 0.348. The number of nitrogens with zero attached hydrogens (tertiary/aromatic N) is 2. The molecule has 2 heterocycles. The Morgan fingerprint density at radius 2 is 2.07 bits per heavy atom. The number of amides is 2. The molecule has 1 aliphatic heterocycles. The van der Waals surface area contributed by atoms with Crippen LogP contribution in [0, 0.1) is 0 Å². The predicted molar refractivity (Wildman–Crippen MR) is 117 cm³/mol. The summed E-state index contributed by atoms with van der Waals surface area (Å²) in [5.41, 5.74) is 3.36. The smallest absolute Gasteiger partial charge is 0.262 e. The van der Waals surface area contributed by atoms with Crippen molar-refractivity contribution in [3.63, 3.8) is 0 Å². The first kappa shape index (κ1) is 19.9. The van der Waals surface area contributed by atoms with E-state index in [2.05, 4.69) is 22.2 Å². The number of rotatable bonds is 8. The molecule has 2 N–H and O–H groups in total. The molecule has 2 aromatic carbocycles. The number of benzene rings is 2. The lowest BCUT2D eigenvalue weighted by atomic mass is 10.2. The molecule has 7 nitrogen and oxygen atoms in total. The van der Waals surface area contributed by atoms with Crippen molar-refractivity contribution in [2.24, 2.45) is 0 Å². The number of carbonyl (C=O) groups excluding carboxylic acids is 2. The second-order valence-corrected chi connectivity index (χ2v) is 7.50. The van der Waals surface area contributed by atoms with Crippen LogP contribution in [0.3, 0.4) is 0 Å². The van der Waals surface area contributed by atoms with E-state index >= 15 is 0 Å². The van der Waals surface area contributed by atoms with Gasteiger partial charge in [0.25, 0.3) is 5.91 Å². The van der Waals surface area contributed by atoms with Crippen LogP contribution in [0.4, 0.5) is 11.4 Å². The Kier molecular flexibility index (Phi) is 5.97. The Labute approximate surface area is 175 Å². The van der Waals surface area contributed by atoms with E-state index in [9.17, 15) is 9.59 Å². The van der Waals surface area contributed by atoms with Gasteiger partial charge >= 0.3 is 0 Å². The van der Waals surface area contributed by atoms with Crippen molar-refractivity contribution in [1.82, 2.24) is 9.97 Å². The number of aromatic amines is 1. The molecule has 1 aromatic heterocycles. The number of hydrogen-bond acceptors (Lipinski definition) is 4. The van der Waals surface area contributed by atoms with Crippen LogP contribution >= 0.6 is 0 Å². The molecule has 156 valence electrons. The van der Waals surface area contributed by atoms with Crippen LogP contribution in [-0.2, 0) is 16.0 Å². The van der Waals surface area contributed by atoms with Gasteiger partial charge in [-0.15, -0.1) is 0 Å². The van der Waals surface area contributed by atoms with Gasteiger partial charge in [0, 0.05) is 30.8 Å². The topological polar surface area (TPSA) is 87.3 Å². The molecule has 0 aliphatic carbocycles. The number of aryl methyl sites for hydroxylation is 1. The first-order valence-electron chi connectivity index (χ1n) is 10.4. The molecule has 0 spiro atoms. The molecular weight excluding hydrogens is 380 g/mol. The summed E-state index contributed by atoms with van der Waals surface area (Å²) >= 11 is 0. The highest BCUT2D eigenvalue weighted by Crippen LogP contribution is 2.24. The highest BCUT2D eigenvalue weighted by Gasteiger charge is 2.21. The van der Waals surface area contributed by atoms with E-state index in [4.69, 9.17) is 4.74 Å². The number of imidazole rings is 1. The van der Waals surface area contributed by atoms with Gasteiger partial charge < -0.3 is 19.9 Å². The SMILES string of the molecule is CCCCc1nc2ccc(NC(=O)COc3ccc(N4CCCC4=O)cc3)cc2[nH]1. The normalized spacial score (nSPS) is 13.8. The van der Waals surface area contributed by atoms with Crippen molar-refractivity contribution in [2.75, 3.05) is 23.4 Å². The Balaban J connectivity index is 1.31.